The number of nitrogens with one attached hydrogen (secondary N) is 1. The highest BCUT2D eigenvalue weighted by atomic mass is 16.2. The van der Waals surface area contributed by atoms with E-state index in [1.54, 1.807) is 15.8 Å². The van der Waals surface area contributed by atoms with Gasteiger partial charge in [0.05, 0.1) is 12.5 Å². The first kappa shape index (κ1) is 17.9. The summed E-state index contributed by atoms with van der Waals surface area (Å²) in [4.78, 5) is 26.8. The number of aromatic nitrogens is 3. The van der Waals surface area contributed by atoms with Crippen LogP contribution in [0.4, 0.5) is 11.6 Å². The van der Waals surface area contributed by atoms with E-state index in [2.05, 4.69) is 15.5 Å². The molecule has 0 aliphatic carbocycles. The van der Waals surface area contributed by atoms with Crippen LogP contribution in [0.1, 0.15) is 17.5 Å². The Morgan fingerprint density at radius 3 is 2.64 bits per heavy atom. The van der Waals surface area contributed by atoms with Crippen LogP contribution in [0.5, 0.6) is 0 Å². The summed E-state index contributed by atoms with van der Waals surface area (Å²) in [6.45, 7) is 2.92. The van der Waals surface area contributed by atoms with Crippen LogP contribution in [0, 0.1) is 12.8 Å². The molecule has 1 unspecified atom stereocenters. The Kier molecular flexibility index (Phi) is 4.89. The van der Waals surface area contributed by atoms with Gasteiger partial charge in [-0.3, -0.25) is 19.5 Å². The molecule has 1 aliphatic heterocycles. The summed E-state index contributed by atoms with van der Waals surface area (Å²) >= 11 is 0. The number of carbonyl (C=O) groups excluding carboxylic acids is 2. The second kappa shape index (κ2) is 7.64. The van der Waals surface area contributed by atoms with Gasteiger partial charge < -0.3 is 4.90 Å². The number of carbonyl (C=O) groups is 2. The van der Waals surface area contributed by atoms with Gasteiger partial charge in [-0.25, -0.2) is 0 Å². The van der Waals surface area contributed by atoms with Crippen LogP contribution in [0.3, 0.4) is 0 Å². The molecule has 1 aromatic heterocycles. The van der Waals surface area contributed by atoms with Crippen molar-refractivity contribution in [1.29, 1.82) is 0 Å². The third-order valence-corrected chi connectivity index (χ3v) is 4.89. The molecular weight excluding hydrogens is 354 g/mol. The fraction of sp³-hybridized carbons (Fsp3) is 0.238. The van der Waals surface area contributed by atoms with Gasteiger partial charge in [0.1, 0.15) is 6.33 Å². The average Bonchev–Trinajstić information content (AvgIpc) is 3.30. The average molecular weight is 375 g/mol. The van der Waals surface area contributed by atoms with Crippen molar-refractivity contribution in [3.8, 4) is 0 Å². The van der Waals surface area contributed by atoms with E-state index < -0.39 is 5.92 Å². The summed E-state index contributed by atoms with van der Waals surface area (Å²) in [5.74, 6) is -0.300. The Bertz CT molecular complexity index is 982. The number of hydrogen-bond donors (Lipinski definition) is 1. The van der Waals surface area contributed by atoms with Gasteiger partial charge in [0.2, 0.25) is 17.8 Å². The second-order valence-electron chi connectivity index (χ2n) is 7.00. The van der Waals surface area contributed by atoms with E-state index in [1.807, 2.05) is 61.5 Å². The van der Waals surface area contributed by atoms with E-state index in [0.717, 1.165) is 16.8 Å². The zero-order valence-electron chi connectivity index (χ0n) is 15.6. The van der Waals surface area contributed by atoms with Gasteiger partial charge in [-0.15, -0.1) is 10.2 Å². The Morgan fingerprint density at radius 2 is 1.89 bits per heavy atom. The minimum atomic E-state index is -0.421. The molecule has 7 nitrogen and oxygen atoms in total. The van der Waals surface area contributed by atoms with Gasteiger partial charge in [0.25, 0.3) is 0 Å². The van der Waals surface area contributed by atoms with Crippen LogP contribution >= 0.6 is 0 Å². The van der Waals surface area contributed by atoms with Gasteiger partial charge in [-0.1, -0.05) is 48.0 Å². The first-order chi connectivity index (χ1) is 13.6. The maximum Gasteiger partial charge on any atom is 0.232 e. The van der Waals surface area contributed by atoms with Gasteiger partial charge in [0.15, 0.2) is 0 Å². The van der Waals surface area contributed by atoms with Gasteiger partial charge >= 0.3 is 0 Å². The monoisotopic (exact) mass is 375 g/mol. The van der Waals surface area contributed by atoms with E-state index in [-0.39, 0.29) is 18.2 Å². The van der Waals surface area contributed by atoms with Gasteiger partial charge in [-0.2, -0.15) is 0 Å². The molecule has 0 radical (unpaired) electrons. The van der Waals surface area contributed by atoms with E-state index in [1.165, 1.54) is 0 Å². The molecule has 28 heavy (non-hydrogen) atoms. The number of rotatable bonds is 5. The van der Waals surface area contributed by atoms with Crippen molar-refractivity contribution in [2.24, 2.45) is 5.92 Å². The Morgan fingerprint density at radius 1 is 1.14 bits per heavy atom. The molecule has 2 aromatic carbocycles. The molecular formula is C21H21N5O2. The quantitative estimate of drug-likeness (QED) is 0.743. The van der Waals surface area contributed by atoms with Crippen LogP contribution in [0.2, 0.25) is 0 Å². The fourth-order valence-electron chi connectivity index (χ4n) is 3.32. The van der Waals surface area contributed by atoms with Crippen molar-refractivity contribution >= 4 is 23.5 Å². The predicted octanol–water partition coefficient (Wildman–Crippen LogP) is 2.63. The number of hydrogen-bond acceptors (Lipinski definition) is 4. The van der Waals surface area contributed by atoms with Crippen molar-refractivity contribution < 1.29 is 9.59 Å². The molecule has 7 heteroatoms. The minimum absolute atomic E-state index is 0.0465. The standard InChI is InChI=1S/C21H21N5O2/c1-15-7-9-18(10-8-15)26-13-17(11-19(26)27)20(28)23-21-24-22-14-25(21)12-16-5-3-2-4-6-16/h2-10,14,17H,11-13H2,1H3,(H,23,24,28). The number of nitrogens with zero attached hydrogens (tertiary/aromatic N) is 4. The molecule has 3 aromatic rings. The molecule has 4 rings (SSSR count). The van der Waals surface area contributed by atoms with Crippen LogP contribution in [0.25, 0.3) is 0 Å². The lowest BCUT2D eigenvalue weighted by Gasteiger charge is -2.17. The van der Waals surface area contributed by atoms with Crippen LogP contribution in [0.15, 0.2) is 60.9 Å². The van der Waals surface area contributed by atoms with Crippen LogP contribution in [-0.2, 0) is 16.1 Å². The fourth-order valence-corrected chi connectivity index (χ4v) is 3.32. The van der Waals surface area contributed by atoms with Gasteiger partial charge in [0, 0.05) is 18.7 Å². The number of amides is 2. The first-order valence-electron chi connectivity index (χ1n) is 9.20. The number of benzene rings is 2. The van der Waals surface area contributed by atoms with Crippen molar-refractivity contribution in [2.75, 3.05) is 16.8 Å². The summed E-state index contributed by atoms with van der Waals surface area (Å²) in [7, 11) is 0. The SMILES string of the molecule is Cc1ccc(N2CC(C(=O)Nc3nncn3Cc3ccccc3)CC2=O)cc1. The van der Waals surface area contributed by atoms with Crippen LogP contribution in [-0.4, -0.2) is 33.1 Å². The van der Waals surface area contributed by atoms with E-state index in [4.69, 9.17) is 0 Å². The molecule has 2 heterocycles. The molecule has 1 fully saturated rings. The van der Waals surface area contributed by atoms with E-state index in [0.29, 0.717) is 19.0 Å². The third-order valence-electron chi connectivity index (χ3n) is 4.89. The Labute approximate surface area is 163 Å². The molecule has 0 bridgehead atoms. The number of aryl methyl sites for hydroxylation is 1. The van der Waals surface area contributed by atoms with Crippen molar-refractivity contribution in [3.05, 3.63) is 72.1 Å². The summed E-state index contributed by atoms with van der Waals surface area (Å²) in [5.41, 5.74) is 3.03. The maximum absolute atomic E-state index is 12.7. The van der Waals surface area contributed by atoms with Crippen molar-refractivity contribution in [3.63, 3.8) is 0 Å². The second-order valence-corrected chi connectivity index (χ2v) is 7.00. The molecule has 1 aliphatic rings. The molecule has 2 amide bonds. The smallest absolute Gasteiger partial charge is 0.232 e. The Hall–Kier alpha value is -3.48. The lowest BCUT2D eigenvalue weighted by atomic mass is 10.1. The largest absolute Gasteiger partial charge is 0.312 e. The van der Waals surface area contributed by atoms with Crippen molar-refractivity contribution in [1.82, 2.24) is 14.8 Å². The lowest BCUT2D eigenvalue weighted by molar-refractivity contribution is -0.122. The molecule has 1 atom stereocenters. The zero-order chi connectivity index (χ0) is 19.5. The molecule has 1 saturated heterocycles. The normalized spacial score (nSPS) is 16.4. The summed E-state index contributed by atoms with van der Waals surface area (Å²) in [5, 5.41) is 10.7. The third kappa shape index (κ3) is 3.78. The minimum Gasteiger partial charge on any atom is -0.312 e. The topological polar surface area (TPSA) is 80.1 Å². The predicted molar refractivity (Wildman–Crippen MR) is 106 cm³/mol. The summed E-state index contributed by atoms with van der Waals surface area (Å²) < 4.78 is 1.78. The van der Waals surface area contributed by atoms with E-state index >= 15 is 0 Å². The highest BCUT2D eigenvalue weighted by Crippen LogP contribution is 2.26. The molecule has 1 N–H and O–H groups in total. The van der Waals surface area contributed by atoms with E-state index in [9.17, 15) is 9.59 Å². The molecule has 142 valence electrons. The highest BCUT2D eigenvalue weighted by molar-refractivity contribution is 6.03. The summed E-state index contributed by atoms with van der Waals surface area (Å²) in [6.07, 6.45) is 1.77. The van der Waals surface area contributed by atoms with Gasteiger partial charge in [-0.05, 0) is 24.6 Å². The molecule has 0 spiro atoms. The molecule has 0 saturated carbocycles. The van der Waals surface area contributed by atoms with Crippen LogP contribution < -0.4 is 10.2 Å². The first-order valence-corrected chi connectivity index (χ1v) is 9.20. The zero-order valence-corrected chi connectivity index (χ0v) is 15.6. The van der Waals surface area contributed by atoms with Crippen molar-refractivity contribution in [2.45, 2.75) is 19.9 Å². The summed E-state index contributed by atoms with van der Waals surface area (Å²) in [6, 6.07) is 17.6. The highest BCUT2D eigenvalue weighted by Gasteiger charge is 2.35. The number of anilines is 2. The lowest BCUT2D eigenvalue weighted by Crippen LogP contribution is -2.28. The maximum atomic E-state index is 12.7. The Balaban J connectivity index is 1.43.